The van der Waals surface area contributed by atoms with E-state index < -0.39 is 0 Å². The maximum absolute atomic E-state index is 5.31. The lowest BCUT2D eigenvalue weighted by Crippen LogP contribution is -2.24. The Kier molecular flexibility index (Phi) is 4.47. The number of hydrogen-bond donors (Lipinski definition) is 1. The Morgan fingerprint density at radius 3 is 2.47 bits per heavy atom. The molecule has 1 aromatic carbocycles. The molecular formula is C13H21NO. The van der Waals surface area contributed by atoms with Gasteiger partial charge in [-0.25, -0.2) is 0 Å². The number of anilines is 1. The van der Waals surface area contributed by atoms with E-state index in [2.05, 4.69) is 32.2 Å². The minimum absolute atomic E-state index is 0.501. The predicted octanol–water partition coefficient (Wildman–Crippen LogP) is 3.54. The topological polar surface area (TPSA) is 21.3 Å². The van der Waals surface area contributed by atoms with Gasteiger partial charge in [0, 0.05) is 6.04 Å². The summed E-state index contributed by atoms with van der Waals surface area (Å²) in [6.07, 6.45) is 1.12. The second kappa shape index (κ2) is 5.64. The third-order valence-electron chi connectivity index (χ3n) is 2.69. The van der Waals surface area contributed by atoms with Crippen LogP contribution in [0.5, 0.6) is 5.75 Å². The molecule has 0 aliphatic rings. The van der Waals surface area contributed by atoms with Crippen molar-refractivity contribution in [2.45, 2.75) is 33.2 Å². The van der Waals surface area contributed by atoms with E-state index in [0.29, 0.717) is 12.0 Å². The fourth-order valence-electron chi connectivity index (χ4n) is 1.70. The van der Waals surface area contributed by atoms with Crippen molar-refractivity contribution in [3.05, 3.63) is 24.3 Å². The van der Waals surface area contributed by atoms with E-state index in [1.165, 1.54) is 0 Å². The van der Waals surface area contributed by atoms with Crippen molar-refractivity contribution in [2.75, 3.05) is 12.4 Å². The average molecular weight is 207 g/mol. The number of methoxy groups -OCH3 is 1. The number of ether oxygens (including phenoxy) is 1. The molecule has 0 aromatic heterocycles. The molecule has 0 aliphatic heterocycles. The molecular weight excluding hydrogens is 186 g/mol. The fraction of sp³-hybridized carbons (Fsp3) is 0.538. The molecule has 1 atom stereocenters. The molecule has 0 radical (unpaired) electrons. The molecule has 0 amide bonds. The average Bonchev–Trinajstić information content (AvgIpc) is 2.25. The highest BCUT2D eigenvalue weighted by Crippen LogP contribution is 2.25. The van der Waals surface area contributed by atoms with Crippen molar-refractivity contribution in [3.63, 3.8) is 0 Å². The van der Waals surface area contributed by atoms with Gasteiger partial charge in [0.05, 0.1) is 12.8 Å². The molecule has 2 nitrogen and oxygen atoms in total. The lowest BCUT2D eigenvalue weighted by atomic mass is 10.0. The van der Waals surface area contributed by atoms with E-state index in [4.69, 9.17) is 4.74 Å². The summed E-state index contributed by atoms with van der Waals surface area (Å²) in [4.78, 5) is 0. The Hall–Kier alpha value is -1.18. The van der Waals surface area contributed by atoms with Crippen LogP contribution in [0.25, 0.3) is 0 Å². The van der Waals surface area contributed by atoms with Crippen LogP contribution in [0.4, 0.5) is 5.69 Å². The monoisotopic (exact) mass is 207 g/mol. The summed E-state index contributed by atoms with van der Waals surface area (Å²) in [5.41, 5.74) is 1.08. The maximum Gasteiger partial charge on any atom is 0.141 e. The van der Waals surface area contributed by atoms with Crippen LogP contribution in [-0.4, -0.2) is 13.2 Å². The van der Waals surface area contributed by atoms with Crippen LogP contribution in [0.3, 0.4) is 0 Å². The zero-order chi connectivity index (χ0) is 11.3. The number of rotatable bonds is 5. The summed E-state index contributed by atoms with van der Waals surface area (Å²) in [6, 6.07) is 8.55. The van der Waals surface area contributed by atoms with Crippen molar-refractivity contribution in [2.24, 2.45) is 5.92 Å². The number of nitrogens with one attached hydrogen (secondary N) is 1. The summed E-state index contributed by atoms with van der Waals surface area (Å²) in [7, 11) is 1.71. The van der Waals surface area contributed by atoms with Gasteiger partial charge in [-0.3, -0.25) is 0 Å². The van der Waals surface area contributed by atoms with Crippen molar-refractivity contribution in [1.82, 2.24) is 0 Å². The zero-order valence-electron chi connectivity index (χ0n) is 10.1. The minimum atomic E-state index is 0.501. The predicted molar refractivity (Wildman–Crippen MR) is 65.5 cm³/mol. The molecule has 0 fully saturated rings. The van der Waals surface area contributed by atoms with Gasteiger partial charge in [0.2, 0.25) is 0 Å². The largest absolute Gasteiger partial charge is 0.495 e. The molecule has 0 spiro atoms. The van der Waals surface area contributed by atoms with Crippen molar-refractivity contribution in [1.29, 1.82) is 0 Å². The summed E-state index contributed by atoms with van der Waals surface area (Å²) in [5, 5.41) is 3.52. The molecule has 15 heavy (non-hydrogen) atoms. The standard InChI is InChI=1S/C13H21NO/c1-5-11(10(2)3)14-12-8-6-7-9-13(12)15-4/h6-11,14H,5H2,1-4H3. The first-order valence-electron chi connectivity index (χ1n) is 5.58. The molecule has 0 aliphatic carbocycles. The molecule has 1 aromatic rings. The van der Waals surface area contributed by atoms with Crippen LogP contribution < -0.4 is 10.1 Å². The van der Waals surface area contributed by atoms with Gasteiger partial charge in [-0.05, 0) is 24.5 Å². The molecule has 0 saturated heterocycles. The SMILES string of the molecule is CCC(Nc1ccccc1OC)C(C)C. The highest BCUT2D eigenvalue weighted by atomic mass is 16.5. The number of para-hydroxylation sites is 2. The Bertz CT molecular complexity index is 296. The quantitative estimate of drug-likeness (QED) is 0.797. The highest BCUT2D eigenvalue weighted by molar-refractivity contribution is 5.56. The second-order valence-corrected chi connectivity index (χ2v) is 4.10. The Morgan fingerprint density at radius 2 is 1.93 bits per heavy atom. The number of benzene rings is 1. The third kappa shape index (κ3) is 3.15. The first-order chi connectivity index (χ1) is 7.19. The van der Waals surface area contributed by atoms with Gasteiger partial charge in [0.15, 0.2) is 0 Å². The minimum Gasteiger partial charge on any atom is -0.495 e. The van der Waals surface area contributed by atoms with Crippen LogP contribution in [-0.2, 0) is 0 Å². The molecule has 0 bridgehead atoms. The Balaban J connectivity index is 2.78. The van der Waals surface area contributed by atoms with E-state index in [9.17, 15) is 0 Å². The van der Waals surface area contributed by atoms with Gasteiger partial charge in [-0.1, -0.05) is 32.9 Å². The molecule has 1 N–H and O–H groups in total. The summed E-state index contributed by atoms with van der Waals surface area (Å²) in [6.45, 7) is 6.67. The molecule has 1 unspecified atom stereocenters. The van der Waals surface area contributed by atoms with Gasteiger partial charge in [-0.2, -0.15) is 0 Å². The van der Waals surface area contributed by atoms with Crippen LogP contribution in [0, 0.1) is 5.92 Å². The Labute approximate surface area is 92.6 Å². The van der Waals surface area contributed by atoms with Crippen LogP contribution in [0.1, 0.15) is 27.2 Å². The van der Waals surface area contributed by atoms with E-state index in [0.717, 1.165) is 17.9 Å². The van der Waals surface area contributed by atoms with Crippen LogP contribution in [0.2, 0.25) is 0 Å². The molecule has 2 heteroatoms. The van der Waals surface area contributed by atoms with Crippen molar-refractivity contribution >= 4 is 5.69 Å². The van der Waals surface area contributed by atoms with Gasteiger partial charge in [0.25, 0.3) is 0 Å². The lowest BCUT2D eigenvalue weighted by Gasteiger charge is -2.23. The van der Waals surface area contributed by atoms with E-state index in [1.807, 2.05) is 18.2 Å². The second-order valence-electron chi connectivity index (χ2n) is 4.10. The molecule has 0 heterocycles. The van der Waals surface area contributed by atoms with Gasteiger partial charge in [0.1, 0.15) is 5.75 Å². The molecule has 1 rings (SSSR count). The summed E-state index contributed by atoms with van der Waals surface area (Å²) >= 11 is 0. The van der Waals surface area contributed by atoms with E-state index in [-0.39, 0.29) is 0 Å². The maximum atomic E-state index is 5.31. The fourth-order valence-corrected chi connectivity index (χ4v) is 1.70. The molecule has 84 valence electrons. The zero-order valence-corrected chi connectivity index (χ0v) is 10.1. The first kappa shape index (κ1) is 11.9. The number of hydrogen-bond acceptors (Lipinski definition) is 2. The van der Waals surface area contributed by atoms with Crippen molar-refractivity contribution in [3.8, 4) is 5.75 Å². The smallest absolute Gasteiger partial charge is 0.141 e. The van der Waals surface area contributed by atoms with Gasteiger partial charge in [-0.15, -0.1) is 0 Å². The Morgan fingerprint density at radius 1 is 1.27 bits per heavy atom. The lowest BCUT2D eigenvalue weighted by molar-refractivity contribution is 0.414. The van der Waals surface area contributed by atoms with Crippen LogP contribution >= 0.6 is 0 Å². The van der Waals surface area contributed by atoms with Gasteiger partial charge >= 0.3 is 0 Å². The first-order valence-corrected chi connectivity index (χ1v) is 5.58. The summed E-state index contributed by atoms with van der Waals surface area (Å²) in [5.74, 6) is 1.54. The third-order valence-corrected chi connectivity index (χ3v) is 2.69. The normalized spacial score (nSPS) is 12.6. The highest BCUT2D eigenvalue weighted by Gasteiger charge is 2.12. The van der Waals surface area contributed by atoms with Gasteiger partial charge < -0.3 is 10.1 Å². The summed E-state index contributed by atoms with van der Waals surface area (Å²) < 4.78 is 5.31. The van der Waals surface area contributed by atoms with Crippen molar-refractivity contribution < 1.29 is 4.74 Å². The van der Waals surface area contributed by atoms with E-state index >= 15 is 0 Å². The van der Waals surface area contributed by atoms with Crippen LogP contribution in [0.15, 0.2) is 24.3 Å². The molecule has 0 saturated carbocycles. The van der Waals surface area contributed by atoms with E-state index in [1.54, 1.807) is 7.11 Å².